The highest BCUT2D eigenvalue weighted by molar-refractivity contribution is 8.02. The molecule has 0 atom stereocenters. The molecular formula is C7H10F3NO7S2. The minimum Gasteiger partial charge on any atom is -0.461 e. The second-order valence-corrected chi connectivity index (χ2v) is 6.46. The van der Waals surface area contributed by atoms with Gasteiger partial charge >= 0.3 is 22.4 Å². The maximum Gasteiger partial charge on any atom is 0.398 e. The molecule has 0 fully saturated rings. The van der Waals surface area contributed by atoms with Gasteiger partial charge in [0.1, 0.15) is 6.61 Å². The van der Waals surface area contributed by atoms with Crippen LogP contribution in [0.25, 0.3) is 0 Å². The molecule has 0 aromatic carbocycles. The van der Waals surface area contributed by atoms with Crippen LogP contribution in [0, 0.1) is 0 Å². The molecule has 0 aliphatic heterocycles. The van der Waals surface area contributed by atoms with Crippen LogP contribution < -0.4 is 4.13 Å². The Morgan fingerprint density at radius 3 is 2.30 bits per heavy atom. The average Bonchev–Trinajstić information content (AvgIpc) is 2.25. The quantitative estimate of drug-likeness (QED) is 0.442. The van der Waals surface area contributed by atoms with Gasteiger partial charge in [0, 0.05) is 6.08 Å². The minimum absolute atomic E-state index is 0.724. The van der Waals surface area contributed by atoms with Gasteiger partial charge in [0.05, 0.1) is 5.75 Å². The van der Waals surface area contributed by atoms with E-state index in [1.807, 2.05) is 0 Å². The molecule has 118 valence electrons. The summed E-state index contributed by atoms with van der Waals surface area (Å²) in [6.45, 7) is -0.212. The summed E-state index contributed by atoms with van der Waals surface area (Å²) in [7, 11) is -10.1. The van der Waals surface area contributed by atoms with Crippen LogP contribution in [0.4, 0.5) is 13.2 Å². The van der Waals surface area contributed by atoms with E-state index in [9.17, 15) is 34.8 Å². The van der Waals surface area contributed by atoms with E-state index >= 15 is 0 Å². The first-order valence-corrected chi connectivity index (χ1v) is 7.69. The topological polar surface area (TPSA) is 116 Å². The van der Waals surface area contributed by atoms with E-state index in [1.54, 1.807) is 0 Å². The van der Waals surface area contributed by atoms with Gasteiger partial charge in [0.2, 0.25) is 10.0 Å². The molecule has 0 aromatic rings. The molecule has 0 spiro atoms. The maximum absolute atomic E-state index is 12.3. The number of hydrogen-bond acceptors (Lipinski definition) is 7. The Labute approximate surface area is 112 Å². The van der Waals surface area contributed by atoms with Gasteiger partial charge in [-0.25, -0.2) is 17.6 Å². The van der Waals surface area contributed by atoms with Crippen molar-refractivity contribution in [1.29, 1.82) is 0 Å². The van der Waals surface area contributed by atoms with Crippen LogP contribution in [-0.2, 0) is 34.0 Å². The third kappa shape index (κ3) is 8.08. The van der Waals surface area contributed by atoms with Gasteiger partial charge in [0.25, 0.3) is 0 Å². The van der Waals surface area contributed by atoms with E-state index in [-0.39, 0.29) is 0 Å². The second kappa shape index (κ2) is 7.01. The summed E-state index contributed by atoms with van der Waals surface area (Å²) >= 11 is 0. The largest absolute Gasteiger partial charge is 0.461 e. The first-order chi connectivity index (χ1) is 8.93. The summed E-state index contributed by atoms with van der Waals surface area (Å²) in [6, 6.07) is 0. The molecule has 0 amide bonds. The number of carbonyl (C=O) groups is 1. The van der Waals surface area contributed by atoms with E-state index in [0.29, 0.717) is 0 Å². The van der Waals surface area contributed by atoms with Crippen molar-refractivity contribution < 1.29 is 43.7 Å². The molecule has 0 saturated carbocycles. The SMILES string of the molecule is C=CC(=O)OCCS(=O)(=O)NS(=O)(=O)OC(F)(F)CF. The van der Waals surface area contributed by atoms with Crippen LogP contribution in [-0.4, -0.2) is 47.9 Å². The van der Waals surface area contributed by atoms with E-state index in [0.717, 1.165) is 10.2 Å². The van der Waals surface area contributed by atoms with Crippen LogP contribution >= 0.6 is 0 Å². The van der Waals surface area contributed by atoms with Gasteiger partial charge in [-0.1, -0.05) is 10.7 Å². The van der Waals surface area contributed by atoms with Crippen molar-refractivity contribution in [3.05, 3.63) is 12.7 Å². The molecule has 0 aliphatic carbocycles. The third-order valence-electron chi connectivity index (χ3n) is 1.38. The first-order valence-electron chi connectivity index (χ1n) is 4.63. The smallest absolute Gasteiger partial charge is 0.398 e. The fourth-order valence-electron chi connectivity index (χ4n) is 0.708. The molecule has 8 nitrogen and oxygen atoms in total. The van der Waals surface area contributed by atoms with Crippen molar-refractivity contribution in [2.24, 2.45) is 0 Å². The van der Waals surface area contributed by atoms with Gasteiger partial charge in [-0.3, -0.25) is 0 Å². The second-order valence-electron chi connectivity index (χ2n) is 3.08. The van der Waals surface area contributed by atoms with Gasteiger partial charge in [0.15, 0.2) is 6.67 Å². The molecule has 0 rings (SSSR count). The monoisotopic (exact) mass is 341 g/mol. The van der Waals surface area contributed by atoms with E-state index in [4.69, 9.17) is 0 Å². The molecule has 0 heterocycles. The number of rotatable bonds is 9. The number of esters is 1. The molecule has 0 radical (unpaired) electrons. The molecule has 0 bridgehead atoms. The van der Waals surface area contributed by atoms with Crippen LogP contribution in [0.5, 0.6) is 0 Å². The summed E-state index contributed by atoms with van der Waals surface area (Å²) in [5.74, 6) is -2.01. The highest BCUT2D eigenvalue weighted by Gasteiger charge is 2.38. The van der Waals surface area contributed by atoms with Gasteiger partial charge < -0.3 is 4.74 Å². The van der Waals surface area contributed by atoms with Crippen LogP contribution in [0.2, 0.25) is 0 Å². The summed E-state index contributed by atoms with van der Waals surface area (Å²) in [5, 5.41) is 0. The lowest BCUT2D eigenvalue weighted by atomic mass is 10.6. The number of nitrogens with one attached hydrogen (secondary N) is 1. The molecule has 0 aromatic heterocycles. The van der Waals surface area contributed by atoms with Crippen molar-refractivity contribution >= 4 is 26.3 Å². The van der Waals surface area contributed by atoms with E-state index in [1.165, 1.54) is 0 Å². The van der Waals surface area contributed by atoms with Crippen LogP contribution in [0.3, 0.4) is 0 Å². The zero-order valence-electron chi connectivity index (χ0n) is 9.71. The molecule has 13 heteroatoms. The Morgan fingerprint density at radius 1 is 1.30 bits per heavy atom. The average molecular weight is 341 g/mol. The minimum atomic E-state index is -5.45. The Hall–Kier alpha value is -1.18. The van der Waals surface area contributed by atoms with Crippen molar-refractivity contribution in [3.8, 4) is 0 Å². The lowest BCUT2D eigenvalue weighted by Crippen LogP contribution is -2.39. The third-order valence-corrected chi connectivity index (χ3v) is 4.38. The van der Waals surface area contributed by atoms with Crippen molar-refractivity contribution in [2.45, 2.75) is 6.11 Å². The number of ether oxygens (including phenoxy) is 1. The zero-order chi connectivity index (χ0) is 16.0. The molecular weight excluding hydrogens is 331 g/mol. The van der Waals surface area contributed by atoms with Gasteiger partial charge in [-0.15, -0.1) is 0 Å². The summed E-state index contributed by atoms with van der Waals surface area (Å²) in [4.78, 5) is 10.6. The molecule has 0 saturated heterocycles. The standard InChI is InChI=1S/C7H10F3NO7S2/c1-2-6(12)17-3-4-19(13,14)11-20(15,16)18-7(9,10)5-8/h2,11H,1,3-5H2. The first kappa shape index (κ1) is 18.8. The zero-order valence-corrected chi connectivity index (χ0v) is 11.3. The number of hydrogen-bond donors (Lipinski definition) is 1. The number of carbonyl (C=O) groups excluding carboxylic acids is 1. The Bertz CT molecular complexity index is 557. The molecule has 20 heavy (non-hydrogen) atoms. The fourth-order valence-corrected chi connectivity index (χ4v) is 3.09. The summed E-state index contributed by atoms with van der Waals surface area (Å²) in [5.41, 5.74) is 0. The lowest BCUT2D eigenvalue weighted by molar-refractivity contribution is -0.183. The predicted molar refractivity (Wildman–Crippen MR) is 59.0 cm³/mol. The molecule has 1 N–H and O–H groups in total. The highest BCUT2D eigenvalue weighted by Crippen LogP contribution is 2.18. The summed E-state index contributed by atoms with van der Waals surface area (Å²) in [6.07, 6.45) is -3.97. The Morgan fingerprint density at radius 2 is 1.85 bits per heavy atom. The highest BCUT2D eigenvalue weighted by atomic mass is 32.3. The lowest BCUT2D eigenvalue weighted by Gasteiger charge is -2.13. The van der Waals surface area contributed by atoms with Gasteiger partial charge in [-0.2, -0.15) is 21.4 Å². The normalized spacial score (nSPS) is 12.9. The van der Waals surface area contributed by atoms with E-state index in [2.05, 4.69) is 15.5 Å². The van der Waals surface area contributed by atoms with Crippen molar-refractivity contribution in [2.75, 3.05) is 19.0 Å². The van der Waals surface area contributed by atoms with Gasteiger partial charge in [-0.05, 0) is 0 Å². The number of halogens is 3. The maximum atomic E-state index is 12.3. The van der Waals surface area contributed by atoms with Crippen molar-refractivity contribution in [3.63, 3.8) is 0 Å². The molecule has 0 unspecified atom stereocenters. The Kier molecular flexibility index (Phi) is 6.60. The predicted octanol–water partition coefficient (Wildman–Crippen LogP) is -0.541. The summed E-state index contributed by atoms with van der Waals surface area (Å²) < 4.78 is 88.5. The fraction of sp³-hybridized carbons (Fsp3) is 0.571. The van der Waals surface area contributed by atoms with Crippen LogP contribution in [0.1, 0.15) is 0 Å². The van der Waals surface area contributed by atoms with E-state index < -0.39 is 51.4 Å². The van der Waals surface area contributed by atoms with Crippen molar-refractivity contribution in [1.82, 2.24) is 4.13 Å². The Balaban J connectivity index is 4.60. The molecule has 0 aliphatic rings. The number of alkyl halides is 3. The number of sulfonamides is 1. The van der Waals surface area contributed by atoms with Crippen LogP contribution in [0.15, 0.2) is 12.7 Å².